The van der Waals surface area contributed by atoms with Crippen LogP contribution in [0.5, 0.6) is 5.75 Å². The molecule has 1 N–H and O–H groups in total. The Morgan fingerprint density at radius 2 is 1.80 bits per heavy atom. The van der Waals surface area contributed by atoms with Gasteiger partial charge < -0.3 is 4.74 Å². The number of hydrogen-bond acceptors (Lipinski definition) is 5. The van der Waals surface area contributed by atoms with Gasteiger partial charge in [0.1, 0.15) is 5.75 Å². The third kappa shape index (κ3) is 5.47. The van der Waals surface area contributed by atoms with Gasteiger partial charge >= 0.3 is 0 Å². The summed E-state index contributed by atoms with van der Waals surface area (Å²) in [5.74, 6) is 0.878. The van der Waals surface area contributed by atoms with E-state index in [1.165, 1.54) is 49.3 Å². The van der Waals surface area contributed by atoms with Gasteiger partial charge in [-0.2, -0.15) is 0 Å². The van der Waals surface area contributed by atoms with Crippen LogP contribution < -0.4 is 9.46 Å². The van der Waals surface area contributed by atoms with Crippen LogP contribution in [0, 0.1) is 0 Å². The minimum Gasteiger partial charge on any atom is -0.493 e. The van der Waals surface area contributed by atoms with E-state index >= 15 is 0 Å². The van der Waals surface area contributed by atoms with Gasteiger partial charge in [0, 0.05) is 29.6 Å². The highest BCUT2D eigenvalue weighted by atomic mass is 32.2. The average molecular weight is 442 g/mol. The summed E-state index contributed by atoms with van der Waals surface area (Å²) in [6, 6.07) is 18.4. The summed E-state index contributed by atoms with van der Waals surface area (Å²) < 4.78 is 21.3. The smallest absolute Gasteiger partial charge is 0.194 e. The predicted octanol–water partition coefficient (Wildman–Crippen LogP) is 5.27. The van der Waals surface area contributed by atoms with E-state index in [1.807, 2.05) is 53.9 Å². The Balaban J connectivity index is 0.000000313. The van der Waals surface area contributed by atoms with E-state index < -0.39 is 11.0 Å². The van der Waals surface area contributed by atoms with Crippen LogP contribution in [0.4, 0.5) is 5.13 Å². The molecule has 3 heterocycles. The Morgan fingerprint density at radius 1 is 1.07 bits per heavy atom. The Hall–Kier alpha value is -2.22. The van der Waals surface area contributed by atoms with Gasteiger partial charge in [0.25, 0.3) is 0 Å². The number of hydrogen-bond donors (Lipinski definition) is 1. The molecule has 0 radical (unpaired) electrons. The second-order valence-corrected chi connectivity index (χ2v) is 9.42. The SMILES string of the molecule is O=S(Nc1nccs1)c1ccc2c(c1)OCCC2N1CCCCC1.c1ccccc1. The van der Waals surface area contributed by atoms with Crippen molar-refractivity contribution >= 4 is 27.5 Å². The zero-order valence-electron chi connectivity index (χ0n) is 16.9. The lowest BCUT2D eigenvalue weighted by Gasteiger charge is -2.38. The highest BCUT2D eigenvalue weighted by Crippen LogP contribution is 2.38. The molecule has 0 bridgehead atoms. The van der Waals surface area contributed by atoms with Gasteiger partial charge in [0.05, 0.1) is 11.5 Å². The minimum atomic E-state index is -1.32. The second kappa shape index (κ2) is 10.7. The quantitative estimate of drug-likeness (QED) is 0.599. The molecule has 30 heavy (non-hydrogen) atoms. The van der Waals surface area contributed by atoms with Crippen LogP contribution in [0.1, 0.15) is 37.3 Å². The zero-order chi connectivity index (χ0) is 20.6. The first kappa shape index (κ1) is 21.0. The van der Waals surface area contributed by atoms with E-state index in [4.69, 9.17) is 4.74 Å². The fourth-order valence-electron chi connectivity index (χ4n) is 3.87. The predicted molar refractivity (Wildman–Crippen MR) is 123 cm³/mol. The van der Waals surface area contributed by atoms with E-state index in [1.54, 1.807) is 6.20 Å². The number of benzene rings is 2. The molecule has 1 fully saturated rings. The van der Waals surface area contributed by atoms with E-state index in [2.05, 4.69) is 20.7 Å². The molecule has 0 aliphatic carbocycles. The maximum atomic E-state index is 12.5. The third-order valence-corrected chi connectivity index (χ3v) is 7.20. The number of nitrogens with one attached hydrogen (secondary N) is 1. The van der Waals surface area contributed by atoms with Crippen molar-refractivity contribution < 1.29 is 8.95 Å². The molecule has 158 valence electrons. The first-order valence-electron chi connectivity index (χ1n) is 10.4. The first-order chi connectivity index (χ1) is 14.8. The monoisotopic (exact) mass is 441 g/mol. The van der Waals surface area contributed by atoms with Gasteiger partial charge in [-0.05, 0) is 38.1 Å². The zero-order valence-corrected chi connectivity index (χ0v) is 18.5. The van der Waals surface area contributed by atoms with Gasteiger partial charge in [-0.1, -0.05) is 48.9 Å². The molecule has 0 saturated carbocycles. The molecule has 2 aliphatic rings. The lowest BCUT2D eigenvalue weighted by Crippen LogP contribution is -2.36. The van der Waals surface area contributed by atoms with Gasteiger partial charge in [0.2, 0.25) is 0 Å². The summed E-state index contributed by atoms with van der Waals surface area (Å²) in [6.45, 7) is 3.07. The van der Waals surface area contributed by atoms with Crippen molar-refractivity contribution in [2.24, 2.45) is 0 Å². The van der Waals surface area contributed by atoms with Crippen molar-refractivity contribution in [1.82, 2.24) is 9.88 Å². The van der Waals surface area contributed by atoms with Gasteiger partial charge in [0.15, 0.2) is 16.1 Å². The largest absolute Gasteiger partial charge is 0.493 e. The fourth-order valence-corrected chi connectivity index (χ4v) is 5.40. The van der Waals surface area contributed by atoms with Crippen LogP contribution in [0.3, 0.4) is 0 Å². The molecule has 1 saturated heterocycles. The second-order valence-electron chi connectivity index (χ2n) is 7.31. The maximum absolute atomic E-state index is 12.5. The number of aromatic nitrogens is 1. The molecule has 5 rings (SSSR count). The number of fused-ring (bicyclic) bond motifs is 1. The van der Waals surface area contributed by atoms with Crippen LogP contribution in [-0.4, -0.2) is 33.8 Å². The van der Waals surface area contributed by atoms with Gasteiger partial charge in [-0.25, -0.2) is 9.19 Å². The molecule has 1 aromatic heterocycles. The topological polar surface area (TPSA) is 54.5 Å². The Morgan fingerprint density at radius 3 is 2.47 bits per heavy atom. The molecular formula is C23H27N3O2S2. The molecular weight excluding hydrogens is 414 g/mol. The first-order valence-corrected chi connectivity index (χ1v) is 12.4. The maximum Gasteiger partial charge on any atom is 0.194 e. The molecule has 2 atom stereocenters. The van der Waals surface area contributed by atoms with Crippen LogP contribution in [-0.2, 0) is 11.0 Å². The molecule has 3 aromatic rings. The van der Waals surface area contributed by atoms with E-state index in [0.29, 0.717) is 11.2 Å². The number of piperidine rings is 1. The van der Waals surface area contributed by atoms with Crippen molar-refractivity contribution in [3.05, 3.63) is 71.7 Å². The highest BCUT2D eigenvalue weighted by molar-refractivity contribution is 7.86. The summed E-state index contributed by atoms with van der Waals surface area (Å²) in [6.07, 6.45) is 6.64. The van der Waals surface area contributed by atoms with Crippen LogP contribution >= 0.6 is 11.3 Å². The van der Waals surface area contributed by atoms with E-state index in [0.717, 1.165) is 23.7 Å². The van der Waals surface area contributed by atoms with Gasteiger partial charge in [-0.3, -0.25) is 9.62 Å². The fraction of sp³-hybridized carbons (Fsp3) is 0.348. The number of likely N-dealkylation sites (tertiary alicyclic amines) is 1. The van der Waals surface area contributed by atoms with Crippen molar-refractivity contribution in [3.8, 4) is 5.75 Å². The average Bonchev–Trinajstić information content (AvgIpc) is 3.33. The van der Waals surface area contributed by atoms with E-state index in [9.17, 15) is 4.21 Å². The van der Waals surface area contributed by atoms with Crippen molar-refractivity contribution in [2.75, 3.05) is 24.4 Å². The molecule has 5 nitrogen and oxygen atoms in total. The summed E-state index contributed by atoms with van der Waals surface area (Å²) in [5.41, 5.74) is 1.23. The minimum absolute atomic E-state index is 0.434. The lowest BCUT2D eigenvalue weighted by molar-refractivity contribution is 0.119. The normalized spacial score (nSPS) is 19.5. The Kier molecular flexibility index (Phi) is 7.50. The molecule has 2 aliphatic heterocycles. The van der Waals surface area contributed by atoms with Crippen molar-refractivity contribution in [3.63, 3.8) is 0 Å². The Bertz CT molecular complexity index is 902. The third-order valence-electron chi connectivity index (χ3n) is 5.32. The van der Waals surface area contributed by atoms with E-state index in [-0.39, 0.29) is 0 Å². The van der Waals surface area contributed by atoms with Crippen molar-refractivity contribution in [1.29, 1.82) is 0 Å². The molecule has 0 amide bonds. The lowest BCUT2D eigenvalue weighted by atomic mass is 9.97. The number of nitrogens with zero attached hydrogens (tertiary/aromatic N) is 2. The standard InChI is InChI=1S/C17H21N3O2S2.C6H6/c21-24(19-17-18-7-11-23-17)13-4-5-14-15(6-10-22-16(14)12-13)20-8-2-1-3-9-20;1-2-4-6-5-3-1/h4-5,7,11-12,15H,1-3,6,8-10H2,(H,18,19);1-6H. The Labute approximate surface area is 184 Å². The number of rotatable bonds is 4. The van der Waals surface area contributed by atoms with Crippen LogP contribution in [0.15, 0.2) is 71.1 Å². The molecule has 2 unspecified atom stereocenters. The van der Waals surface area contributed by atoms with Crippen molar-refractivity contribution in [2.45, 2.75) is 36.6 Å². The molecule has 2 aromatic carbocycles. The summed E-state index contributed by atoms with van der Waals surface area (Å²) in [7, 11) is -1.32. The summed E-state index contributed by atoms with van der Waals surface area (Å²) in [4.78, 5) is 7.42. The molecule has 7 heteroatoms. The summed E-state index contributed by atoms with van der Waals surface area (Å²) in [5, 5.41) is 2.52. The van der Waals surface area contributed by atoms with Gasteiger partial charge in [-0.15, -0.1) is 11.3 Å². The number of anilines is 1. The molecule has 0 spiro atoms. The number of ether oxygens (including phenoxy) is 1. The van der Waals surface area contributed by atoms with Crippen LogP contribution in [0.2, 0.25) is 0 Å². The highest BCUT2D eigenvalue weighted by Gasteiger charge is 2.28. The summed E-state index contributed by atoms with van der Waals surface area (Å²) >= 11 is 1.44. The van der Waals surface area contributed by atoms with Crippen LogP contribution in [0.25, 0.3) is 0 Å². The number of thiazole rings is 1.